The predicted octanol–water partition coefficient (Wildman–Crippen LogP) is 2.07. The summed E-state index contributed by atoms with van der Waals surface area (Å²) in [7, 11) is -2.17. The molecule has 2 aliphatic rings. The van der Waals surface area contributed by atoms with Crippen LogP contribution in [0.1, 0.15) is 39.5 Å². The molecule has 29 heavy (non-hydrogen) atoms. The molecule has 1 aromatic rings. The van der Waals surface area contributed by atoms with E-state index in [9.17, 15) is 18.0 Å². The zero-order valence-corrected chi connectivity index (χ0v) is 18.0. The van der Waals surface area contributed by atoms with Crippen LogP contribution in [0.5, 0.6) is 5.75 Å². The highest BCUT2D eigenvalue weighted by Crippen LogP contribution is 2.31. The molecular weight excluding hydrogens is 394 g/mol. The van der Waals surface area contributed by atoms with E-state index < -0.39 is 15.9 Å². The van der Waals surface area contributed by atoms with E-state index in [-0.39, 0.29) is 29.2 Å². The molecule has 0 aliphatic carbocycles. The third kappa shape index (κ3) is 4.56. The lowest BCUT2D eigenvalue weighted by atomic mass is 10.1. The van der Waals surface area contributed by atoms with Gasteiger partial charge in [0.25, 0.3) is 0 Å². The smallest absolute Gasteiger partial charge is 0.243 e. The molecule has 2 fully saturated rings. The summed E-state index contributed by atoms with van der Waals surface area (Å²) in [6, 6.07) is 4.52. The summed E-state index contributed by atoms with van der Waals surface area (Å²) in [5, 5.41) is 2.77. The topological polar surface area (TPSA) is 96.0 Å². The normalized spacial score (nSPS) is 20.9. The van der Waals surface area contributed by atoms with Crippen molar-refractivity contribution in [3.05, 3.63) is 18.2 Å². The Labute approximate surface area is 172 Å². The van der Waals surface area contributed by atoms with Crippen molar-refractivity contribution in [1.29, 1.82) is 0 Å². The molecule has 0 aromatic heterocycles. The van der Waals surface area contributed by atoms with Crippen molar-refractivity contribution in [1.82, 2.24) is 9.21 Å². The Hall–Kier alpha value is -2.13. The van der Waals surface area contributed by atoms with Gasteiger partial charge < -0.3 is 15.0 Å². The number of hydrogen-bond donors (Lipinski definition) is 1. The Bertz CT molecular complexity index is 878. The van der Waals surface area contributed by atoms with Crippen molar-refractivity contribution in [3.8, 4) is 5.75 Å². The number of nitrogens with zero attached hydrogens (tertiary/aromatic N) is 2. The first-order valence-corrected chi connectivity index (χ1v) is 11.5. The summed E-state index contributed by atoms with van der Waals surface area (Å²) >= 11 is 0. The van der Waals surface area contributed by atoms with Crippen LogP contribution in [-0.4, -0.2) is 62.2 Å². The van der Waals surface area contributed by atoms with Gasteiger partial charge in [0.15, 0.2) is 0 Å². The summed E-state index contributed by atoms with van der Waals surface area (Å²) in [5.41, 5.74) is 0.297. The van der Waals surface area contributed by atoms with E-state index in [0.29, 0.717) is 31.1 Å². The highest BCUT2D eigenvalue weighted by molar-refractivity contribution is 7.89. The van der Waals surface area contributed by atoms with Crippen LogP contribution in [0.4, 0.5) is 5.69 Å². The molecule has 8 nitrogen and oxygen atoms in total. The van der Waals surface area contributed by atoms with Gasteiger partial charge in [0.2, 0.25) is 21.8 Å². The molecule has 0 spiro atoms. The minimum absolute atomic E-state index is 0.0350. The van der Waals surface area contributed by atoms with Crippen molar-refractivity contribution in [2.45, 2.75) is 50.5 Å². The Morgan fingerprint density at radius 2 is 1.90 bits per heavy atom. The Kier molecular flexibility index (Phi) is 6.48. The van der Waals surface area contributed by atoms with Gasteiger partial charge in [-0.2, -0.15) is 4.31 Å². The van der Waals surface area contributed by atoms with Gasteiger partial charge in [-0.25, -0.2) is 8.42 Å². The van der Waals surface area contributed by atoms with Crippen LogP contribution >= 0.6 is 0 Å². The van der Waals surface area contributed by atoms with E-state index in [4.69, 9.17) is 4.74 Å². The van der Waals surface area contributed by atoms with Crippen LogP contribution in [-0.2, 0) is 19.6 Å². The number of piperidine rings is 1. The maximum atomic E-state index is 13.0. The number of anilines is 1. The summed E-state index contributed by atoms with van der Waals surface area (Å²) in [6.07, 6.45) is 2.88. The van der Waals surface area contributed by atoms with E-state index >= 15 is 0 Å². The van der Waals surface area contributed by atoms with Crippen molar-refractivity contribution < 1.29 is 22.7 Å². The van der Waals surface area contributed by atoms with Crippen LogP contribution in [0.3, 0.4) is 0 Å². The van der Waals surface area contributed by atoms with Crippen LogP contribution < -0.4 is 10.1 Å². The van der Waals surface area contributed by atoms with E-state index in [2.05, 4.69) is 5.32 Å². The number of carbonyl (C=O) groups excluding carboxylic acids is 2. The van der Waals surface area contributed by atoms with Gasteiger partial charge in [-0.15, -0.1) is 0 Å². The highest BCUT2D eigenvalue weighted by Gasteiger charge is 2.36. The van der Waals surface area contributed by atoms with E-state index in [1.165, 1.54) is 23.5 Å². The van der Waals surface area contributed by atoms with Gasteiger partial charge in [0, 0.05) is 32.1 Å². The minimum atomic E-state index is -3.63. The van der Waals surface area contributed by atoms with Crippen molar-refractivity contribution >= 4 is 27.5 Å². The number of rotatable bonds is 6. The van der Waals surface area contributed by atoms with Gasteiger partial charge in [0.05, 0.1) is 23.6 Å². The zero-order valence-electron chi connectivity index (χ0n) is 17.2. The Morgan fingerprint density at radius 3 is 2.48 bits per heavy atom. The van der Waals surface area contributed by atoms with Gasteiger partial charge in [-0.3, -0.25) is 9.59 Å². The molecule has 3 rings (SSSR count). The fourth-order valence-corrected chi connectivity index (χ4v) is 5.38. The Morgan fingerprint density at radius 1 is 1.21 bits per heavy atom. The number of likely N-dealkylation sites (tertiary alicyclic amines) is 1. The third-order valence-corrected chi connectivity index (χ3v) is 7.43. The predicted molar refractivity (Wildman–Crippen MR) is 109 cm³/mol. The van der Waals surface area contributed by atoms with Crippen LogP contribution in [0.25, 0.3) is 0 Å². The highest BCUT2D eigenvalue weighted by atomic mass is 32.2. The molecule has 1 N–H and O–H groups in total. The number of hydrogen-bond acceptors (Lipinski definition) is 5. The number of ether oxygens (including phenoxy) is 1. The van der Waals surface area contributed by atoms with Gasteiger partial charge in [-0.1, -0.05) is 6.42 Å². The second-order valence-electron chi connectivity index (χ2n) is 7.86. The lowest BCUT2D eigenvalue weighted by Gasteiger charge is -2.26. The summed E-state index contributed by atoms with van der Waals surface area (Å²) in [6.45, 7) is 5.19. The summed E-state index contributed by atoms with van der Waals surface area (Å²) in [5.74, 6) is -0.459. The van der Waals surface area contributed by atoms with Crippen LogP contribution in [0.15, 0.2) is 23.1 Å². The molecule has 2 amide bonds. The molecule has 1 unspecified atom stereocenters. The summed E-state index contributed by atoms with van der Waals surface area (Å²) < 4.78 is 32.7. The molecule has 0 radical (unpaired) electrons. The quantitative estimate of drug-likeness (QED) is 0.756. The molecule has 2 aliphatic heterocycles. The molecule has 0 saturated carbocycles. The minimum Gasteiger partial charge on any atom is -0.495 e. The van der Waals surface area contributed by atoms with Gasteiger partial charge >= 0.3 is 0 Å². The second kappa shape index (κ2) is 8.71. The first kappa shape index (κ1) is 21.6. The third-order valence-electron chi connectivity index (χ3n) is 5.53. The summed E-state index contributed by atoms with van der Waals surface area (Å²) in [4.78, 5) is 26.7. The van der Waals surface area contributed by atoms with Crippen molar-refractivity contribution in [2.75, 3.05) is 32.1 Å². The Balaban J connectivity index is 1.81. The van der Waals surface area contributed by atoms with Crippen LogP contribution in [0, 0.1) is 5.92 Å². The SMILES string of the molecule is COc1ccc(S(=O)(=O)N2CCCCC2)cc1NC(=O)C1CC(=O)N(C(C)C)C1. The van der Waals surface area contributed by atoms with E-state index in [1.54, 1.807) is 11.0 Å². The number of nitrogens with one attached hydrogen (secondary N) is 1. The number of benzene rings is 1. The van der Waals surface area contributed by atoms with Gasteiger partial charge in [-0.05, 0) is 44.9 Å². The maximum Gasteiger partial charge on any atom is 0.243 e. The monoisotopic (exact) mass is 423 g/mol. The largest absolute Gasteiger partial charge is 0.495 e. The van der Waals surface area contributed by atoms with Crippen molar-refractivity contribution in [2.24, 2.45) is 5.92 Å². The number of methoxy groups -OCH3 is 1. The van der Waals surface area contributed by atoms with Crippen LogP contribution in [0.2, 0.25) is 0 Å². The molecule has 1 aromatic carbocycles. The van der Waals surface area contributed by atoms with E-state index in [0.717, 1.165) is 19.3 Å². The fraction of sp³-hybridized carbons (Fsp3) is 0.600. The lowest BCUT2D eigenvalue weighted by molar-refractivity contribution is -0.129. The van der Waals surface area contributed by atoms with Crippen molar-refractivity contribution in [3.63, 3.8) is 0 Å². The van der Waals surface area contributed by atoms with Gasteiger partial charge in [0.1, 0.15) is 5.75 Å². The molecule has 2 saturated heterocycles. The fourth-order valence-electron chi connectivity index (χ4n) is 3.84. The molecule has 0 bridgehead atoms. The average Bonchev–Trinajstić information content (AvgIpc) is 3.10. The maximum absolute atomic E-state index is 13.0. The number of amides is 2. The lowest BCUT2D eigenvalue weighted by Crippen LogP contribution is -2.35. The standard InChI is InChI=1S/C20H29N3O5S/c1-14(2)23-13-15(11-19(23)24)20(25)21-17-12-16(7-8-18(17)28-3)29(26,27)22-9-5-4-6-10-22/h7-8,12,14-15H,4-6,9-11,13H2,1-3H3,(H,21,25). The average molecular weight is 424 g/mol. The molecule has 2 heterocycles. The second-order valence-corrected chi connectivity index (χ2v) is 9.79. The molecule has 1 atom stereocenters. The zero-order chi connectivity index (χ0) is 21.2. The van der Waals surface area contributed by atoms with E-state index in [1.807, 2.05) is 13.8 Å². The molecular formula is C20H29N3O5S. The first-order chi connectivity index (χ1) is 13.7. The number of carbonyl (C=O) groups is 2. The molecule has 160 valence electrons. The number of sulfonamides is 1. The first-order valence-electron chi connectivity index (χ1n) is 10.0. The molecule has 9 heteroatoms.